The molecule has 3 heterocycles. The van der Waals surface area contributed by atoms with Gasteiger partial charge in [0.2, 0.25) is 12.7 Å². The number of nitrogens with one attached hydrogen (secondary N) is 1. The number of aromatic nitrogens is 2. The van der Waals surface area contributed by atoms with Crippen molar-refractivity contribution in [2.45, 2.75) is 44.6 Å². The summed E-state index contributed by atoms with van der Waals surface area (Å²) in [7, 11) is 0. The first-order valence-electron chi connectivity index (χ1n) is 10.7. The molecular weight excluding hydrogens is 384 g/mol. The van der Waals surface area contributed by atoms with Crippen molar-refractivity contribution in [2.75, 3.05) is 25.2 Å². The first kappa shape index (κ1) is 19.0. The number of hydrogen-bond acceptors (Lipinski definition) is 5. The molecule has 1 aliphatic carbocycles. The van der Waals surface area contributed by atoms with E-state index in [2.05, 4.69) is 10.4 Å². The molecule has 2 amide bonds. The minimum absolute atomic E-state index is 0.166. The molecule has 1 aromatic carbocycles. The van der Waals surface area contributed by atoms with E-state index in [4.69, 9.17) is 9.47 Å². The summed E-state index contributed by atoms with van der Waals surface area (Å²) in [5.74, 6) is 2.22. The van der Waals surface area contributed by atoms with Crippen LogP contribution in [0.3, 0.4) is 0 Å². The van der Waals surface area contributed by atoms with Gasteiger partial charge in [-0.3, -0.25) is 9.59 Å². The standard InChI is InChI=1S/C22H26N4O4/c27-21(16-5-6-18-19(13-16)30-14-29-18)24-20-7-10-23-26(20)17-8-11-25(12-9-17)22(28)15-3-1-2-4-15/h5-7,10,13,15,17H,1-4,8-9,11-12,14H2,(H,24,27). The highest BCUT2D eigenvalue weighted by Gasteiger charge is 2.31. The molecule has 1 N–H and O–H groups in total. The van der Waals surface area contributed by atoms with E-state index in [1.54, 1.807) is 30.5 Å². The second kappa shape index (κ2) is 8.01. The number of carbonyl (C=O) groups is 2. The average Bonchev–Trinajstić information content (AvgIpc) is 3.54. The van der Waals surface area contributed by atoms with E-state index >= 15 is 0 Å². The third-order valence-electron chi connectivity index (χ3n) is 6.37. The fraction of sp³-hybridized carbons (Fsp3) is 0.500. The number of ether oxygens (including phenoxy) is 2. The third kappa shape index (κ3) is 3.62. The summed E-state index contributed by atoms with van der Waals surface area (Å²) in [6, 6.07) is 7.12. The highest BCUT2D eigenvalue weighted by molar-refractivity contribution is 6.04. The number of nitrogens with zero attached hydrogens (tertiary/aromatic N) is 3. The molecule has 0 bridgehead atoms. The number of carbonyl (C=O) groups excluding carboxylic acids is 2. The van der Waals surface area contributed by atoms with Crippen molar-refractivity contribution in [1.82, 2.24) is 14.7 Å². The van der Waals surface area contributed by atoms with Crippen LogP contribution in [-0.4, -0.2) is 46.4 Å². The molecular formula is C22H26N4O4. The number of rotatable bonds is 4. The van der Waals surface area contributed by atoms with Crippen molar-refractivity contribution in [3.05, 3.63) is 36.0 Å². The van der Waals surface area contributed by atoms with Gasteiger partial charge < -0.3 is 19.7 Å². The molecule has 30 heavy (non-hydrogen) atoms. The molecule has 0 atom stereocenters. The second-order valence-electron chi connectivity index (χ2n) is 8.22. The summed E-state index contributed by atoms with van der Waals surface area (Å²) in [5.41, 5.74) is 0.504. The second-order valence-corrected chi connectivity index (χ2v) is 8.22. The Balaban J connectivity index is 1.22. The molecule has 0 unspecified atom stereocenters. The van der Waals surface area contributed by atoms with Gasteiger partial charge in [0.25, 0.3) is 5.91 Å². The van der Waals surface area contributed by atoms with Crippen molar-refractivity contribution in [2.24, 2.45) is 5.92 Å². The zero-order chi connectivity index (χ0) is 20.5. The maximum atomic E-state index is 12.7. The molecule has 2 aromatic rings. The summed E-state index contributed by atoms with van der Waals surface area (Å²) in [5, 5.41) is 7.40. The van der Waals surface area contributed by atoms with Crippen LogP contribution in [-0.2, 0) is 4.79 Å². The minimum atomic E-state index is -0.219. The largest absolute Gasteiger partial charge is 0.454 e. The zero-order valence-corrected chi connectivity index (χ0v) is 16.9. The Labute approximate surface area is 175 Å². The number of likely N-dealkylation sites (tertiary alicyclic amines) is 1. The average molecular weight is 410 g/mol. The van der Waals surface area contributed by atoms with Crippen LogP contribution in [0.1, 0.15) is 54.9 Å². The van der Waals surface area contributed by atoms with E-state index in [1.807, 2.05) is 9.58 Å². The van der Waals surface area contributed by atoms with Gasteiger partial charge in [0, 0.05) is 30.6 Å². The Hall–Kier alpha value is -3.03. The van der Waals surface area contributed by atoms with Crippen molar-refractivity contribution in [3.63, 3.8) is 0 Å². The molecule has 5 rings (SSSR count). The van der Waals surface area contributed by atoms with Crippen LogP contribution in [0, 0.1) is 5.92 Å². The van der Waals surface area contributed by atoms with Crippen molar-refractivity contribution < 1.29 is 19.1 Å². The molecule has 158 valence electrons. The Bertz CT molecular complexity index is 942. The lowest BCUT2D eigenvalue weighted by Gasteiger charge is -2.34. The number of amides is 2. The first-order valence-corrected chi connectivity index (χ1v) is 10.7. The fourth-order valence-corrected chi connectivity index (χ4v) is 4.69. The Morgan fingerprint density at radius 1 is 1.00 bits per heavy atom. The molecule has 1 aromatic heterocycles. The van der Waals surface area contributed by atoms with Gasteiger partial charge in [-0.1, -0.05) is 12.8 Å². The van der Waals surface area contributed by atoms with E-state index in [1.165, 1.54) is 12.8 Å². The molecule has 3 aliphatic rings. The molecule has 8 nitrogen and oxygen atoms in total. The predicted octanol–water partition coefficient (Wildman–Crippen LogP) is 3.22. The SMILES string of the molecule is O=C(Nc1ccnn1C1CCN(C(=O)C2CCCC2)CC1)c1ccc2c(c1)OCO2. The van der Waals surface area contributed by atoms with E-state index < -0.39 is 0 Å². The van der Waals surface area contributed by atoms with E-state index in [0.717, 1.165) is 38.8 Å². The van der Waals surface area contributed by atoms with Gasteiger partial charge in [0.15, 0.2) is 11.5 Å². The number of fused-ring (bicyclic) bond motifs is 1. The molecule has 0 radical (unpaired) electrons. The number of anilines is 1. The molecule has 2 fully saturated rings. The lowest BCUT2D eigenvalue weighted by molar-refractivity contribution is -0.136. The summed E-state index contributed by atoms with van der Waals surface area (Å²) >= 11 is 0. The third-order valence-corrected chi connectivity index (χ3v) is 6.37. The quantitative estimate of drug-likeness (QED) is 0.837. The highest BCUT2D eigenvalue weighted by Crippen LogP contribution is 2.33. The van der Waals surface area contributed by atoms with Gasteiger partial charge in [-0.2, -0.15) is 5.10 Å². The van der Waals surface area contributed by atoms with Gasteiger partial charge in [0.1, 0.15) is 5.82 Å². The summed E-state index contributed by atoms with van der Waals surface area (Å²) in [4.78, 5) is 27.4. The number of piperidine rings is 1. The van der Waals surface area contributed by atoms with Gasteiger partial charge in [-0.15, -0.1) is 0 Å². The molecule has 2 aliphatic heterocycles. The smallest absolute Gasteiger partial charge is 0.256 e. The lowest BCUT2D eigenvalue weighted by atomic mass is 10.0. The van der Waals surface area contributed by atoms with E-state index in [0.29, 0.717) is 28.8 Å². The predicted molar refractivity (Wildman–Crippen MR) is 110 cm³/mol. The molecule has 1 saturated carbocycles. The van der Waals surface area contributed by atoms with E-state index in [9.17, 15) is 9.59 Å². The summed E-state index contributed by atoms with van der Waals surface area (Å²) in [6.45, 7) is 1.67. The molecule has 1 saturated heterocycles. The first-order chi connectivity index (χ1) is 14.7. The summed E-state index contributed by atoms with van der Waals surface area (Å²) in [6.07, 6.45) is 7.80. The Morgan fingerprint density at radius 3 is 2.57 bits per heavy atom. The zero-order valence-electron chi connectivity index (χ0n) is 16.9. The van der Waals surface area contributed by atoms with Crippen LogP contribution in [0.25, 0.3) is 0 Å². The molecule has 0 spiro atoms. The van der Waals surface area contributed by atoms with Crippen LogP contribution in [0.2, 0.25) is 0 Å². The van der Waals surface area contributed by atoms with Crippen LogP contribution < -0.4 is 14.8 Å². The number of hydrogen-bond donors (Lipinski definition) is 1. The van der Waals surface area contributed by atoms with Gasteiger partial charge >= 0.3 is 0 Å². The monoisotopic (exact) mass is 410 g/mol. The van der Waals surface area contributed by atoms with Gasteiger partial charge in [0.05, 0.1) is 12.2 Å². The lowest BCUT2D eigenvalue weighted by Crippen LogP contribution is -2.42. The van der Waals surface area contributed by atoms with Crippen LogP contribution >= 0.6 is 0 Å². The minimum Gasteiger partial charge on any atom is -0.454 e. The van der Waals surface area contributed by atoms with Crippen molar-refractivity contribution in [3.8, 4) is 11.5 Å². The molecule has 8 heteroatoms. The van der Waals surface area contributed by atoms with Gasteiger partial charge in [-0.05, 0) is 43.9 Å². The Kier molecular flexibility index (Phi) is 5.06. The maximum Gasteiger partial charge on any atom is 0.256 e. The summed E-state index contributed by atoms with van der Waals surface area (Å²) < 4.78 is 12.5. The maximum absolute atomic E-state index is 12.7. The van der Waals surface area contributed by atoms with Crippen molar-refractivity contribution in [1.29, 1.82) is 0 Å². The van der Waals surface area contributed by atoms with Crippen LogP contribution in [0.15, 0.2) is 30.5 Å². The van der Waals surface area contributed by atoms with Crippen molar-refractivity contribution >= 4 is 17.6 Å². The van der Waals surface area contributed by atoms with Crippen LogP contribution in [0.4, 0.5) is 5.82 Å². The number of benzene rings is 1. The topological polar surface area (TPSA) is 85.7 Å². The normalized spacial score (nSPS) is 19.3. The van der Waals surface area contributed by atoms with Gasteiger partial charge in [-0.25, -0.2) is 4.68 Å². The fourth-order valence-electron chi connectivity index (χ4n) is 4.69. The van der Waals surface area contributed by atoms with Crippen LogP contribution in [0.5, 0.6) is 11.5 Å². The highest BCUT2D eigenvalue weighted by atomic mass is 16.7. The Morgan fingerprint density at radius 2 is 1.77 bits per heavy atom. The van der Waals surface area contributed by atoms with E-state index in [-0.39, 0.29) is 24.7 Å².